The molecular formula is C11H23NO2. The molecule has 1 rings (SSSR count). The molecule has 0 amide bonds. The molecule has 1 aliphatic heterocycles. The molecule has 84 valence electrons. The standard InChI is InChI=1S/C11H23NO2/c1-3-12-7-5-11(6-8-12)14-10-9-13-4-2/h11H,3-10H2,1-2H3. The zero-order valence-electron chi connectivity index (χ0n) is 9.50. The normalized spacial score (nSPS) is 20.1. The Morgan fingerprint density at radius 1 is 1.14 bits per heavy atom. The number of likely N-dealkylation sites (tertiary alicyclic amines) is 1. The maximum absolute atomic E-state index is 5.73. The number of ether oxygens (including phenoxy) is 2. The van der Waals surface area contributed by atoms with E-state index >= 15 is 0 Å². The Morgan fingerprint density at radius 3 is 2.43 bits per heavy atom. The predicted octanol–water partition coefficient (Wildman–Crippen LogP) is 1.52. The summed E-state index contributed by atoms with van der Waals surface area (Å²) < 4.78 is 11.0. The topological polar surface area (TPSA) is 21.7 Å². The highest BCUT2D eigenvalue weighted by atomic mass is 16.5. The molecule has 0 saturated carbocycles. The molecule has 0 N–H and O–H groups in total. The van der Waals surface area contributed by atoms with E-state index in [1.54, 1.807) is 0 Å². The van der Waals surface area contributed by atoms with Gasteiger partial charge in [-0.2, -0.15) is 0 Å². The van der Waals surface area contributed by atoms with Crippen molar-refractivity contribution in [2.45, 2.75) is 32.8 Å². The average molecular weight is 201 g/mol. The molecule has 0 bridgehead atoms. The van der Waals surface area contributed by atoms with Gasteiger partial charge in [-0.25, -0.2) is 0 Å². The summed E-state index contributed by atoms with van der Waals surface area (Å²) in [6.45, 7) is 10.1. The Bertz CT molecular complexity index is 133. The summed E-state index contributed by atoms with van der Waals surface area (Å²) in [7, 11) is 0. The molecule has 3 heteroatoms. The van der Waals surface area contributed by atoms with Gasteiger partial charge in [-0.15, -0.1) is 0 Å². The molecule has 0 atom stereocenters. The van der Waals surface area contributed by atoms with E-state index in [0.29, 0.717) is 6.10 Å². The van der Waals surface area contributed by atoms with Crippen molar-refractivity contribution in [1.29, 1.82) is 0 Å². The largest absolute Gasteiger partial charge is 0.379 e. The number of hydrogen-bond donors (Lipinski definition) is 0. The van der Waals surface area contributed by atoms with Crippen LogP contribution in [0, 0.1) is 0 Å². The van der Waals surface area contributed by atoms with Gasteiger partial charge in [0.05, 0.1) is 19.3 Å². The van der Waals surface area contributed by atoms with Crippen molar-refractivity contribution in [3.63, 3.8) is 0 Å². The SMILES string of the molecule is CCOCCOC1CCN(CC)CC1. The summed E-state index contributed by atoms with van der Waals surface area (Å²) in [5.41, 5.74) is 0. The van der Waals surface area contributed by atoms with Gasteiger partial charge in [-0.3, -0.25) is 0 Å². The van der Waals surface area contributed by atoms with E-state index in [2.05, 4.69) is 11.8 Å². The van der Waals surface area contributed by atoms with Crippen LogP contribution in [0.15, 0.2) is 0 Å². The molecule has 0 aromatic heterocycles. The van der Waals surface area contributed by atoms with Crippen molar-refractivity contribution in [2.24, 2.45) is 0 Å². The molecule has 1 fully saturated rings. The molecular weight excluding hydrogens is 178 g/mol. The van der Waals surface area contributed by atoms with Gasteiger partial charge in [0.2, 0.25) is 0 Å². The summed E-state index contributed by atoms with van der Waals surface area (Å²) in [6, 6.07) is 0. The van der Waals surface area contributed by atoms with Crippen molar-refractivity contribution >= 4 is 0 Å². The van der Waals surface area contributed by atoms with Gasteiger partial charge in [-0.1, -0.05) is 6.92 Å². The van der Waals surface area contributed by atoms with Gasteiger partial charge in [0.1, 0.15) is 0 Å². The zero-order chi connectivity index (χ0) is 10.2. The summed E-state index contributed by atoms with van der Waals surface area (Å²) in [5.74, 6) is 0. The van der Waals surface area contributed by atoms with Gasteiger partial charge in [0.15, 0.2) is 0 Å². The second kappa shape index (κ2) is 7.21. The average Bonchev–Trinajstić information content (AvgIpc) is 2.25. The van der Waals surface area contributed by atoms with Crippen molar-refractivity contribution in [3.05, 3.63) is 0 Å². The summed E-state index contributed by atoms with van der Waals surface area (Å²) in [5, 5.41) is 0. The Morgan fingerprint density at radius 2 is 1.86 bits per heavy atom. The van der Waals surface area contributed by atoms with Gasteiger partial charge in [-0.05, 0) is 26.3 Å². The van der Waals surface area contributed by atoms with Crippen molar-refractivity contribution in [3.8, 4) is 0 Å². The van der Waals surface area contributed by atoms with Gasteiger partial charge in [0.25, 0.3) is 0 Å². The highest BCUT2D eigenvalue weighted by molar-refractivity contribution is 4.71. The van der Waals surface area contributed by atoms with E-state index in [1.165, 1.54) is 32.5 Å². The van der Waals surface area contributed by atoms with Crippen LogP contribution in [0.25, 0.3) is 0 Å². The van der Waals surface area contributed by atoms with Crippen LogP contribution in [0.1, 0.15) is 26.7 Å². The highest BCUT2D eigenvalue weighted by Crippen LogP contribution is 2.12. The van der Waals surface area contributed by atoms with Crippen LogP contribution in [-0.4, -0.2) is 50.5 Å². The van der Waals surface area contributed by atoms with Crippen LogP contribution in [0.5, 0.6) is 0 Å². The molecule has 1 aliphatic rings. The van der Waals surface area contributed by atoms with E-state index in [9.17, 15) is 0 Å². The number of hydrogen-bond acceptors (Lipinski definition) is 3. The molecule has 3 nitrogen and oxygen atoms in total. The molecule has 0 aliphatic carbocycles. The first-order valence-corrected chi connectivity index (χ1v) is 5.78. The van der Waals surface area contributed by atoms with Crippen molar-refractivity contribution < 1.29 is 9.47 Å². The van der Waals surface area contributed by atoms with E-state index in [1.807, 2.05) is 6.92 Å². The fourth-order valence-corrected chi connectivity index (χ4v) is 1.81. The van der Waals surface area contributed by atoms with E-state index in [4.69, 9.17) is 9.47 Å². The van der Waals surface area contributed by atoms with Gasteiger partial charge >= 0.3 is 0 Å². The Hall–Kier alpha value is -0.120. The van der Waals surface area contributed by atoms with Crippen LogP contribution in [-0.2, 0) is 9.47 Å². The second-order valence-electron chi connectivity index (χ2n) is 3.70. The second-order valence-corrected chi connectivity index (χ2v) is 3.70. The lowest BCUT2D eigenvalue weighted by atomic mass is 10.1. The van der Waals surface area contributed by atoms with Crippen LogP contribution in [0.4, 0.5) is 0 Å². The Kier molecular flexibility index (Phi) is 6.15. The fraction of sp³-hybridized carbons (Fsp3) is 1.00. The maximum Gasteiger partial charge on any atom is 0.0704 e. The predicted molar refractivity (Wildman–Crippen MR) is 57.6 cm³/mol. The first-order chi connectivity index (χ1) is 6.86. The number of rotatable bonds is 6. The molecule has 1 heterocycles. The quantitative estimate of drug-likeness (QED) is 0.608. The Balaban J connectivity index is 1.98. The fourth-order valence-electron chi connectivity index (χ4n) is 1.81. The van der Waals surface area contributed by atoms with Crippen molar-refractivity contribution in [1.82, 2.24) is 4.90 Å². The van der Waals surface area contributed by atoms with E-state index in [0.717, 1.165) is 19.8 Å². The van der Waals surface area contributed by atoms with Crippen LogP contribution < -0.4 is 0 Å². The smallest absolute Gasteiger partial charge is 0.0704 e. The molecule has 0 spiro atoms. The molecule has 0 unspecified atom stereocenters. The lowest BCUT2D eigenvalue weighted by molar-refractivity contribution is -0.0200. The van der Waals surface area contributed by atoms with Crippen molar-refractivity contribution in [2.75, 3.05) is 39.5 Å². The monoisotopic (exact) mass is 201 g/mol. The van der Waals surface area contributed by atoms with Gasteiger partial charge in [0, 0.05) is 19.7 Å². The van der Waals surface area contributed by atoms with Crippen LogP contribution in [0.2, 0.25) is 0 Å². The number of nitrogens with zero attached hydrogens (tertiary/aromatic N) is 1. The number of piperidine rings is 1. The summed E-state index contributed by atoms with van der Waals surface area (Å²) in [4.78, 5) is 2.47. The molecule has 0 aromatic rings. The lowest BCUT2D eigenvalue weighted by Crippen LogP contribution is -2.37. The Labute approximate surface area is 87.4 Å². The third kappa shape index (κ3) is 4.40. The molecule has 0 aromatic carbocycles. The first kappa shape index (κ1) is 12.0. The third-order valence-corrected chi connectivity index (χ3v) is 2.77. The lowest BCUT2D eigenvalue weighted by Gasteiger charge is -2.30. The summed E-state index contributed by atoms with van der Waals surface area (Å²) in [6.07, 6.45) is 2.83. The third-order valence-electron chi connectivity index (χ3n) is 2.77. The maximum atomic E-state index is 5.73. The van der Waals surface area contributed by atoms with Crippen LogP contribution >= 0.6 is 0 Å². The summed E-state index contributed by atoms with van der Waals surface area (Å²) >= 11 is 0. The minimum atomic E-state index is 0.471. The highest BCUT2D eigenvalue weighted by Gasteiger charge is 2.17. The van der Waals surface area contributed by atoms with E-state index < -0.39 is 0 Å². The minimum Gasteiger partial charge on any atom is -0.379 e. The molecule has 1 saturated heterocycles. The van der Waals surface area contributed by atoms with E-state index in [-0.39, 0.29) is 0 Å². The molecule has 0 radical (unpaired) electrons. The first-order valence-electron chi connectivity index (χ1n) is 5.78. The van der Waals surface area contributed by atoms with Gasteiger partial charge < -0.3 is 14.4 Å². The molecule has 14 heavy (non-hydrogen) atoms. The van der Waals surface area contributed by atoms with Crippen LogP contribution in [0.3, 0.4) is 0 Å². The minimum absolute atomic E-state index is 0.471. The zero-order valence-corrected chi connectivity index (χ0v) is 9.50.